The van der Waals surface area contributed by atoms with E-state index in [0.29, 0.717) is 13.2 Å². The lowest BCUT2D eigenvalue weighted by Crippen LogP contribution is -2.37. The highest BCUT2D eigenvalue weighted by atomic mass is 16.5. The van der Waals surface area contributed by atoms with Crippen molar-refractivity contribution in [3.8, 4) is 0 Å². The normalized spacial score (nSPS) is 12.3. The second-order valence-corrected chi connectivity index (χ2v) is 5.78. The Kier molecular flexibility index (Phi) is 7.23. The number of carbonyl (C=O) groups excluding carboxylic acids is 2. The van der Waals surface area contributed by atoms with Crippen LogP contribution in [0.25, 0.3) is 0 Å². The number of ketones is 1. The topological polar surface area (TPSA) is 61.8 Å². The largest absolute Gasteiger partial charge is 0.465 e. The molecule has 0 spiro atoms. The highest BCUT2D eigenvalue weighted by Crippen LogP contribution is 2.19. The molecule has 0 radical (unpaired) electrons. The van der Waals surface area contributed by atoms with E-state index in [-0.39, 0.29) is 24.6 Å². The first-order chi connectivity index (χ1) is 8.61. The van der Waals surface area contributed by atoms with E-state index in [1.54, 1.807) is 20.8 Å². The molecular weight excluding hydrogens is 248 g/mol. The van der Waals surface area contributed by atoms with E-state index in [9.17, 15) is 9.59 Å². The molecule has 0 aromatic rings. The van der Waals surface area contributed by atoms with Crippen molar-refractivity contribution in [2.75, 3.05) is 26.4 Å². The zero-order valence-electron chi connectivity index (χ0n) is 12.9. The Morgan fingerprint density at radius 3 is 2.05 bits per heavy atom. The van der Waals surface area contributed by atoms with Crippen LogP contribution in [0.1, 0.15) is 41.5 Å². The van der Waals surface area contributed by atoms with Crippen LogP contribution in [0.15, 0.2) is 0 Å². The van der Waals surface area contributed by atoms with Gasteiger partial charge in [0.2, 0.25) is 0 Å². The monoisotopic (exact) mass is 274 g/mol. The first-order valence-electron chi connectivity index (χ1n) is 6.53. The third kappa shape index (κ3) is 7.28. The van der Waals surface area contributed by atoms with Crippen LogP contribution >= 0.6 is 0 Å². The number of hydrogen-bond acceptors (Lipinski definition) is 5. The molecule has 0 saturated carbocycles. The molecule has 0 aromatic carbocycles. The van der Waals surface area contributed by atoms with Gasteiger partial charge in [-0.2, -0.15) is 0 Å². The predicted octanol–water partition coefficient (Wildman–Crippen LogP) is 1.98. The molecule has 19 heavy (non-hydrogen) atoms. The summed E-state index contributed by atoms with van der Waals surface area (Å²) >= 11 is 0. The number of Topliss-reactive ketones (excluding diaryl/α,β-unsaturated/α-hetero) is 1. The maximum Gasteiger partial charge on any atom is 0.319 e. The van der Waals surface area contributed by atoms with Gasteiger partial charge in [0, 0.05) is 0 Å². The summed E-state index contributed by atoms with van der Waals surface area (Å²) in [4.78, 5) is 23.5. The molecule has 0 aliphatic heterocycles. The average Bonchev–Trinajstić information content (AvgIpc) is 2.26. The highest BCUT2D eigenvalue weighted by Gasteiger charge is 2.37. The summed E-state index contributed by atoms with van der Waals surface area (Å²) in [6, 6.07) is 0. The maximum atomic E-state index is 11.9. The molecule has 5 heteroatoms. The van der Waals surface area contributed by atoms with E-state index in [1.807, 2.05) is 20.8 Å². The van der Waals surface area contributed by atoms with Crippen molar-refractivity contribution >= 4 is 11.8 Å². The lowest BCUT2D eigenvalue weighted by Gasteiger charge is -2.21. The molecule has 0 heterocycles. The summed E-state index contributed by atoms with van der Waals surface area (Å²) in [5.74, 6) is -0.809. The number of hydrogen-bond donors (Lipinski definition) is 0. The Hall–Kier alpha value is -0.940. The minimum absolute atomic E-state index is 0.112. The molecule has 0 unspecified atom stereocenters. The maximum absolute atomic E-state index is 11.9. The number of carbonyl (C=O) groups is 2. The van der Waals surface area contributed by atoms with Gasteiger partial charge in [-0.3, -0.25) is 9.59 Å². The molecule has 0 amide bonds. The molecule has 0 N–H and O–H groups in total. The van der Waals surface area contributed by atoms with E-state index < -0.39 is 11.4 Å². The van der Waals surface area contributed by atoms with Crippen molar-refractivity contribution in [1.29, 1.82) is 0 Å². The summed E-state index contributed by atoms with van der Waals surface area (Å²) in [5.41, 5.74) is -1.39. The fourth-order valence-electron chi connectivity index (χ4n) is 1.18. The van der Waals surface area contributed by atoms with Crippen molar-refractivity contribution in [2.24, 2.45) is 5.41 Å². The van der Waals surface area contributed by atoms with E-state index in [2.05, 4.69) is 0 Å². The van der Waals surface area contributed by atoms with E-state index >= 15 is 0 Å². The zero-order chi connectivity index (χ0) is 15.1. The van der Waals surface area contributed by atoms with Gasteiger partial charge in [0.25, 0.3) is 0 Å². The first kappa shape index (κ1) is 18.1. The first-order valence-corrected chi connectivity index (χ1v) is 6.53. The summed E-state index contributed by atoms with van der Waals surface area (Å²) in [5, 5.41) is 0. The molecular formula is C14H26O5. The van der Waals surface area contributed by atoms with Crippen LogP contribution in [0, 0.1) is 5.41 Å². The minimum atomic E-state index is -1.17. The Balaban J connectivity index is 4.01. The van der Waals surface area contributed by atoms with Crippen LogP contribution in [0.4, 0.5) is 0 Å². The van der Waals surface area contributed by atoms with Gasteiger partial charge in [-0.1, -0.05) is 0 Å². The molecule has 0 bridgehead atoms. The van der Waals surface area contributed by atoms with Crippen molar-refractivity contribution in [1.82, 2.24) is 0 Å². The van der Waals surface area contributed by atoms with Crippen LogP contribution in [0.3, 0.4) is 0 Å². The standard InChI is InChI=1S/C14H26O5/c1-7-18-12(16)14(5,6)11(15)10-17-8-9-19-13(2,3)4/h7-10H2,1-6H3. The molecule has 0 aliphatic carbocycles. The van der Waals surface area contributed by atoms with Gasteiger partial charge in [0.15, 0.2) is 5.78 Å². The van der Waals surface area contributed by atoms with Crippen molar-refractivity contribution in [3.63, 3.8) is 0 Å². The second kappa shape index (κ2) is 7.60. The van der Waals surface area contributed by atoms with Crippen LogP contribution in [-0.4, -0.2) is 43.8 Å². The molecule has 0 atom stereocenters. The fraction of sp³-hybridized carbons (Fsp3) is 0.857. The van der Waals surface area contributed by atoms with Crippen LogP contribution < -0.4 is 0 Å². The number of esters is 1. The quantitative estimate of drug-likeness (QED) is 0.385. The molecule has 0 aromatic heterocycles. The Morgan fingerprint density at radius 2 is 1.58 bits per heavy atom. The van der Waals surface area contributed by atoms with Crippen LogP contribution in [-0.2, 0) is 23.8 Å². The molecule has 0 saturated heterocycles. The number of rotatable bonds is 8. The van der Waals surface area contributed by atoms with Crippen molar-refractivity contribution in [3.05, 3.63) is 0 Å². The van der Waals surface area contributed by atoms with Gasteiger partial charge in [-0.15, -0.1) is 0 Å². The Bertz CT molecular complexity index is 301. The van der Waals surface area contributed by atoms with Gasteiger partial charge in [-0.25, -0.2) is 0 Å². The van der Waals surface area contributed by atoms with Crippen LogP contribution in [0.2, 0.25) is 0 Å². The SMILES string of the molecule is CCOC(=O)C(C)(C)C(=O)COCCOC(C)(C)C. The minimum Gasteiger partial charge on any atom is -0.465 e. The highest BCUT2D eigenvalue weighted by molar-refractivity contribution is 6.03. The third-order valence-corrected chi connectivity index (χ3v) is 2.48. The van der Waals surface area contributed by atoms with Gasteiger partial charge < -0.3 is 14.2 Å². The van der Waals surface area contributed by atoms with Crippen molar-refractivity contribution < 1.29 is 23.8 Å². The van der Waals surface area contributed by atoms with Crippen molar-refractivity contribution in [2.45, 2.75) is 47.1 Å². The predicted molar refractivity (Wildman–Crippen MR) is 71.9 cm³/mol. The Morgan fingerprint density at radius 1 is 1.00 bits per heavy atom. The smallest absolute Gasteiger partial charge is 0.319 e. The summed E-state index contributed by atoms with van der Waals surface area (Å²) in [6.07, 6.45) is 0. The lowest BCUT2D eigenvalue weighted by atomic mass is 9.88. The number of ether oxygens (including phenoxy) is 3. The summed E-state index contributed by atoms with van der Waals surface area (Å²) < 4.78 is 15.5. The molecule has 0 fully saturated rings. The Labute approximate surface area is 115 Å². The van der Waals surface area contributed by atoms with Crippen LogP contribution in [0.5, 0.6) is 0 Å². The van der Waals surface area contributed by atoms with E-state index in [4.69, 9.17) is 14.2 Å². The molecule has 0 rings (SSSR count). The van der Waals surface area contributed by atoms with Gasteiger partial charge in [0.1, 0.15) is 12.0 Å². The lowest BCUT2D eigenvalue weighted by molar-refractivity contribution is -0.159. The summed E-state index contributed by atoms with van der Waals surface area (Å²) in [7, 11) is 0. The summed E-state index contributed by atoms with van der Waals surface area (Å²) in [6.45, 7) is 11.5. The van der Waals surface area contributed by atoms with E-state index in [0.717, 1.165) is 0 Å². The molecule has 5 nitrogen and oxygen atoms in total. The molecule has 0 aliphatic rings. The third-order valence-electron chi connectivity index (χ3n) is 2.48. The van der Waals surface area contributed by atoms with E-state index in [1.165, 1.54) is 0 Å². The zero-order valence-corrected chi connectivity index (χ0v) is 12.9. The molecule has 112 valence electrons. The van der Waals surface area contributed by atoms with Gasteiger partial charge in [-0.05, 0) is 41.5 Å². The fourth-order valence-corrected chi connectivity index (χ4v) is 1.18. The van der Waals surface area contributed by atoms with Gasteiger partial charge >= 0.3 is 5.97 Å². The average molecular weight is 274 g/mol. The second-order valence-electron chi connectivity index (χ2n) is 5.78. The van der Waals surface area contributed by atoms with Gasteiger partial charge in [0.05, 0.1) is 25.4 Å².